The number of rotatable bonds is 7. The fraction of sp³-hybridized carbons (Fsp3) is 0.692. The van der Waals surface area contributed by atoms with Gasteiger partial charge in [-0.05, 0) is 18.4 Å². The molecule has 0 aliphatic heterocycles. The van der Waals surface area contributed by atoms with E-state index in [1.54, 1.807) is 6.07 Å². The lowest BCUT2D eigenvalue weighted by Gasteiger charge is -2.18. The Hall–Kier alpha value is 0.240. The van der Waals surface area contributed by atoms with Gasteiger partial charge < -0.3 is 5.11 Å². The van der Waals surface area contributed by atoms with E-state index in [2.05, 4.69) is 13.8 Å². The molecule has 2 unspecified atom stereocenters. The zero-order valence-electron chi connectivity index (χ0n) is 10.4. The van der Waals surface area contributed by atoms with Crippen molar-refractivity contribution in [3.63, 3.8) is 0 Å². The first-order chi connectivity index (χ1) is 8.08. The van der Waals surface area contributed by atoms with Gasteiger partial charge in [0.15, 0.2) is 0 Å². The van der Waals surface area contributed by atoms with Gasteiger partial charge in [0.1, 0.15) is 4.34 Å². The monoisotopic (exact) mass is 294 g/mol. The van der Waals surface area contributed by atoms with Crippen LogP contribution in [0.3, 0.4) is 0 Å². The third-order valence-corrected chi connectivity index (χ3v) is 4.66. The predicted octanol–water partition coefficient (Wildman–Crippen LogP) is 5.69. The minimum absolute atomic E-state index is 0.479. The standard InChI is InChI=1S/C13H20Cl2OS/c1-3-5-6-9(4-2)7-11(16)10-8-12(14)17-13(10)15/h8-9,11,16H,3-7H2,1-2H3. The van der Waals surface area contributed by atoms with E-state index < -0.39 is 6.10 Å². The molecule has 0 aromatic carbocycles. The average Bonchev–Trinajstić information content (AvgIpc) is 2.63. The number of hydrogen-bond acceptors (Lipinski definition) is 2. The molecule has 0 aliphatic rings. The summed E-state index contributed by atoms with van der Waals surface area (Å²) in [5.74, 6) is 0.569. The van der Waals surface area contributed by atoms with E-state index in [1.165, 1.54) is 30.6 Å². The van der Waals surface area contributed by atoms with E-state index in [1.807, 2.05) is 0 Å². The first-order valence-corrected chi connectivity index (χ1v) is 7.78. The largest absolute Gasteiger partial charge is 0.388 e. The van der Waals surface area contributed by atoms with Gasteiger partial charge in [-0.2, -0.15) is 0 Å². The number of hydrogen-bond donors (Lipinski definition) is 1. The Balaban J connectivity index is 2.57. The van der Waals surface area contributed by atoms with Gasteiger partial charge in [0.2, 0.25) is 0 Å². The van der Waals surface area contributed by atoms with Gasteiger partial charge in [0, 0.05) is 5.56 Å². The van der Waals surface area contributed by atoms with Gasteiger partial charge in [0.05, 0.1) is 10.4 Å². The molecule has 2 atom stereocenters. The van der Waals surface area contributed by atoms with Gasteiger partial charge in [-0.1, -0.05) is 62.7 Å². The van der Waals surface area contributed by atoms with Crippen molar-refractivity contribution in [2.75, 3.05) is 0 Å². The highest BCUT2D eigenvalue weighted by Crippen LogP contribution is 2.37. The summed E-state index contributed by atoms with van der Waals surface area (Å²) in [5.41, 5.74) is 0.789. The SMILES string of the molecule is CCCCC(CC)CC(O)c1cc(Cl)sc1Cl. The smallest absolute Gasteiger partial charge is 0.100 e. The van der Waals surface area contributed by atoms with Crippen LogP contribution in [0.25, 0.3) is 0 Å². The Bertz CT molecular complexity index is 338. The van der Waals surface area contributed by atoms with Crippen LogP contribution in [0, 0.1) is 5.92 Å². The Morgan fingerprint density at radius 1 is 1.35 bits per heavy atom. The van der Waals surface area contributed by atoms with E-state index >= 15 is 0 Å². The van der Waals surface area contributed by atoms with Gasteiger partial charge in [-0.25, -0.2) is 0 Å². The van der Waals surface area contributed by atoms with E-state index in [0.717, 1.165) is 18.4 Å². The topological polar surface area (TPSA) is 20.2 Å². The number of unbranched alkanes of at least 4 members (excludes halogenated alkanes) is 1. The summed E-state index contributed by atoms with van der Waals surface area (Å²) >= 11 is 13.3. The van der Waals surface area contributed by atoms with Crippen molar-refractivity contribution in [2.24, 2.45) is 5.92 Å². The number of aliphatic hydroxyl groups is 1. The molecule has 0 radical (unpaired) electrons. The second kappa shape index (κ2) is 7.63. The van der Waals surface area contributed by atoms with E-state index in [-0.39, 0.29) is 0 Å². The van der Waals surface area contributed by atoms with Crippen molar-refractivity contribution >= 4 is 34.5 Å². The minimum atomic E-state index is -0.479. The highest BCUT2D eigenvalue weighted by molar-refractivity contribution is 7.20. The third kappa shape index (κ3) is 4.78. The molecule has 1 N–H and O–H groups in total. The summed E-state index contributed by atoms with van der Waals surface area (Å²) in [6.45, 7) is 4.37. The van der Waals surface area contributed by atoms with Crippen LogP contribution in [0.5, 0.6) is 0 Å². The number of aliphatic hydroxyl groups excluding tert-OH is 1. The van der Waals surface area contributed by atoms with Crippen LogP contribution in [0.1, 0.15) is 57.6 Å². The molecule has 1 rings (SSSR count). The molecule has 0 amide bonds. The summed E-state index contributed by atoms with van der Waals surface area (Å²) in [6.07, 6.45) is 5.02. The maximum absolute atomic E-state index is 10.2. The molecule has 17 heavy (non-hydrogen) atoms. The van der Waals surface area contributed by atoms with Gasteiger partial charge >= 0.3 is 0 Å². The molecule has 0 bridgehead atoms. The van der Waals surface area contributed by atoms with Crippen molar-refractivity contribution < 1.29 is 5.11 Å². The van der Waals surface area contributed by atoms with Gasteiger partial charge in [-0.3, -0.25) is 0 Å². The van der Waals surface area contributed by atoms with Gasteiger partial charge in [0.25, 0.3) is 0 Å². The Labute approximate surface area is 118 Å². The van der Waals surface area contributed by atoms with Crippen molar-refractivity contribution in [3.8, 4) is 0 Å². The third-order valence-electron chi connectivity index (χ3n) is 3.14. The lowest BCUT2D eigenvalue weighted by Crippen LogP contribution is -2.06. The first kappa shape index (κ1) is 15.3. The number of thiophene rings is 1. The Morgan fingerprint density at radius 2 is 2.06 bits per heavy atom. The first-order valence-electron chi connectivity index (χ1n) is 6.21. The second-order valence-electron chi connectivity index (χ2n) is 4.45. The van der Waals surface area contributed by atoms with E-state index in [9.17, 15) is 5.11 Å². The Morgan fingerprint density at radius 3 is 2.53 bits per heavy atom. The molecule has 0 saturated heterocycles. The van der Waals surface area contributed by atoms with Crippen LogP contribution in [-0.4, -0.2) is 5.11 Å². The molecule has 4 heteroatoms. The van der Waals surface area contributed by atoms with E-state index in [0.29, 0.717) is 14.6 Å². The Kier molecular flexibility index (Phi) is 6.86. The maximum Gasteiger partial charge on any atom is 0.100 e. The fourth-order valence-electron chi connectivity index (χ4n) is 2.00. The predicted molar refractivity (Wildman–Crippen MR) is 77.2 cm³/mol. The zero-order valence-corrected chi connectivity index (χ0v) is 12.7. The zero-order chi connectivity index (χ0) is 12.8. The van der Waals surface area contributed by atoms with Crippen molar-refractivity contribution in [1.29, 1.82) is 0 Å². The summed E-state index contributed by atoms with van der Waals surface area (Å²) in [4.78, 5) is 0. The fourth-order valence-corrected chi connectivity index (χ4v) is 3.57. The molecule has 1 nitrogen and oxygen atoms in total. The summed E-state index contributed by atoms with van der Waals surface area (Å²) in [7, 11) is 0. The molecule has 0 spiro atoms. The molecule has 0 aliphatic carbocycles. The van der Waals surface area contributed by atoms with Gasteiger partial charge in [-0.15, -0.1) is 11.3 Å². The van der Waals surface area contributed by atoms with Crippen LogP contribution in [-0.2, 0) is 0 Å². The molecule has 1 aromatic rings. The van der Waals surface area contributed by atoms with Crippen LogP contribution in [0.15, 0.2) is 6.07 Å². The average molecular weight is 295 g/mol. The quantitative estimate of drug-likeness (QED) is 0.684. The molecule has 1 heterocycles. The van der Waals surface area contributed by atoms with Crippen molar-refractivity contribution in [3.05, 3.63) is 20.3 Å². The van der Waals surface area contributed by atoms with Crippen LogP contribution < -0.4 is 0 Å². The van der Waals surface area contributed by atoms with E-state index in [4.69, 9.17) is 23.2 Å². The normalized spacial score (nSPS) is 14.9. The number of halogens is 2. The second-order valence-corrected chi connectivity index (χ2v) is 6.73. The van der Waals surface area contributed by atoms with Crippen molar-refractivity contribution in [1.82, 2.24) is 0 Å². The van der Waals surface area contributed by atoms with Crippen LogP contribution in [0.4, 0.5) is 0 Å². The van der Waals surface area contributed by atoms with Crippen molar-refractivity contribution in [2.45, 2.75) is 52.1 Å². The van der Waals surface area contributed by atoms with Crippen LogP contribution in [0.2, 0.25) is 8.67 Å². The molecular weight excluding hydrogens is 275 g/mol. The lowest BCUT2D eigenvalue weighted by atomic mass is 9.91. The molecule has 0 fully saturated rings. The molecule has 0 saturated carbocycles. The summed E-state index contributed by atoms with van der Waals surface area (Å²) in [5, 5.41) is 10.2. The molecule has 1 aromatic heterocycles. The highest BCUT2D eigenvalue weighted by atomic mass is 35.5. The summed E-state index contributed by atoms with van der Waals surface area (Å²) in [6, 6.07) is 1.78. The molecule has 98 valence electrons. The summed E-state index contributed by atoms with van der Waals surface area (Å²) < 4.78 is 1.26. The molecular formula is C13H20Cl2OS. The highest BCUT2D eigenvalue weighted by Gasteiger charge is 2.18. The lowest BCUT2D eigenvalue weighted by molar-refractivity contribution is 0.139. The van der Waals surface area contributed by atoms with Crippen LogP contribution >= 0.6 is 34.5 Å². The maximum atomic E-state index is 10.2. The minimum Gasteiger partial charge on any atom is -0.388 e.